The van der Waals surface area contributed by atoms with E-state index >= 15 is 0 Å². The molecule has 32 heavy (non-hydrogen) atoms. The Balaban J connectivity index is 1.43. The van der Waals surface area contributed by atoms with Crippen molar-refractivity contribution < 1.29 is 4.79 Å². The van der Waals surface area contributed by atoms with Gasteiger partial charge in [-0.2, -0.15) is 0 Å². The Kier molecular flexibility index (Phi) is 6.75. The van der Waals surface area contributed by atoms with Crippen LogP contribution in [0.3, 0.4) is 0 Å². The Bertz CT molecular complexity index is 1210. The van der Waals surface area contributed by atoms with Crippen molar-refractivity contribution in [2.24, 2.45) is 0 Å². The fraction of sp³-hybridized carbons (Fsp3) is 0.240. The van der Waals surface area contributed by atoms with E-state index in [1.807, 2.05) is 65.9 Å². The molecule has 7 heteroatoms. The molecule has 6 nitrogen and oxygen atoms in total. The normalized spacial score (nSPS) is 12.1. The molecule has 2 amide bonds. The second-order valence-corrected chi connectivity index (χ2v) is 9.09. The lowest BCUT2D eigenvalue weighted by Crippen LogP contribution is -2.36. The zero-order chi connectivity index (χ0) is 22.5. The van der Waals surface area contributed by atoms with Gasteiger partial charge in [-0.15, -0.1) is 10.2 Å². The number of nitrogens with one attached hydrogen (secondary N) is 2. The number of pyridine rings is 1. The Morgan fingerprint density at radius 1 is 0.969 bits per heavy atom. The molecule has 2 aromatic heterocycles. The van der Waals surface area contributed by atoms with Crippen LogP contribution in [0.15, 0.2) is 82.7 Å². The molecule has 0 aliphatic carbocycles. The van der Waals surface area contributed by atoms with Crippen LogP contribution >= 0.6 is 11.8 Å². The number of amides is 2. The number of carbonyl (C=O) groups excluding carboxylic acids is 1. The van der Waals surface area contributed by atoms with Crippen molar-refractivity contribution in [3.63, 3.8) is 0 Å². The molecule has 164 valence electrons. The first-order valence-electron chi connectivity index (χ1n) is 10.7. The van der Waals surface area contributed by atoms with Gasteiger partial charge in [0.05, 0.1) is 6.04 Å². The van der Waals surface area contributed by atoms with E-state index in [2.05, 4.69) is 53.0 Å². The van der Waals surface area contributed by atoms with Crippen molar-refractivity contribution in [3.05, 3.63) is 89.9 Å². The number of benzene rings is 2. The molecular formula is C25H27N5OS. The van der Waals surface area contributed by atoms with Gasteiger partial charge >= 0.3 is 6.03 Å². The molecular weight excluding hydrogens is 418 g/mol. The van der Waals surface area contributed by atoms with Crippen LogP contribution in [0, 0.1) is 0 Å². The fourth-order valence-electron chi connectivity index (χ4n) is 3.47. The molecule has 0 aliphatic rings. The summed E-state index contributed by atoms with van der Waals surface area (Å²) in [5, 5.41) is 14.5. The van der Waals surface area contributed by atoms with E-state index < -0.39 is 0 Å². The van der Waals surface area contributed by atoms with Gasteiger partial charge < -0.3 is 10.6 Å². The summed E-state index contributed by atoms with van der Waals surface area (Å²) in [6.07, 6.45) is 2.08. The molecule has 4 aromatic rings. The van der Waals surface area contributed by atoms with Crippen molar-refractivity contribution in [2.45, 2.75) is 49.1 Å². The molecule has 0 fully saturated rings. The average Bonchev–Trinajstić information content (AvgIpc) is 3.23. The highest BCUT2D eigenvalue weighted by Crippen LogP contribution is 2.31. The topological polar surface area (TPSA) is 71.3 Å². The van der Waals surface area contributed by atoms with Crippen LogP contribution in [0.1, 0.15) is 49.7 Å². The number of rotatable bonds is 7. The highest BCUT2D eigenvalue weighted by molar-refractivity contribution is 7.99. The quantitative estimate of drug-likeness (QED) is 0.390. The maximum absolute atomic E-state index is 12.4. The van der Waals surface area contributed by atoms with Gasteiger partial charge in [-0.3, -0.25) is 4.40 Å². The van der Waals surface area contributed by atoms with E-state index in [4.69, 9.17) is 0 Å². The number of carbonyl (C=O) groups is 1. The summed E-state index contributed by atoms with van der Waals surface area (Å²) >= 11 is 1.67. The van der Waals surface area contributed by atoms with Crippen molar-refractivity contribution in [2.75, 3.05) is 0 Å². The summed E-state index contributed by atoms with van der Waals surface area (Å²) in [5.74, 6) is 1.24. The lowest BCUT2D eigenvalue weighted by Gasteiger charge is -2.16. The number of hydrogen-bond acceptors (Lipinski definition) is 4. The zero-order valence-corrected chi connectivity index (χ0v) is 19.3. The minimum Gasteiger partial charge on any atom is -0.334 e. The van der Waals surface area contributed by atoms with Crippen molar-refractivity contribution in [3.8, 4) is 0 Å². The Morgan fingerprint density at radius 2 is 1.72 bits per heavy atom. The summed E-state index contributed by atoms with van der Waals surface area (Å²) in [6, 6.07) is 21.8. The molecule has 0 spiro atoms. The lowest BCUT2D eigenvalue weighted by atomic mass is 10.1. The van der Waals surface area contributed by atoms with Gasteiger partial charge in [0.1, 0.15) is 5.82 Å². The lowest BCUT2D eigenvalue weighted by molar-refractivity contribution is 0.237. The molecule has 0 saturated heterocycles. The average molecular weight is 446 g/mol. The minimum absolute atomic E-state index is 0.0634. The molecule has 2 N–H and O–H groups in total. The predicted octanol–water partition coefficient (Wildman–Crippen LogP) is 5.56. The van der Waals surface area contributed by atoms with Gasteiger partial charge in [-0.25, -0.2) is 4.79 Å². The number of nitrogens with zero attached hydrogens (tertiary/aromatic N) is 3. The molecule has 2 heterocycles. The maximum Gasteiger partial charge on any atom is 0.315 e. The van der Waals surface area contributed by atoms with Crippen LogP contribution in [0.2, 0.25) is 0 Å². The zero-order valence-electron chi connectivity index (χ0n) is 18.4. The summed E-state index contributed by atoms with van der Waals surface area (Å²) < 4.78 is 2.05. The highest BCUT2D eigenvalue weighted by Gasteiger charge is 2.12. The summed E-state index contributed by atoms with van der Waals surface area (Å²) in [7, 11) is 0. The molecule has 0 saturated carbocycles. The largest absolute Gasteiger partial charge is 0.334 e. The van der Waals surface area contributed by atoms with E-state index in [9.17, 15) is 4.79 Å². The predicted molar refractivity (Wildman–Crippen MR) is 128 cm³/mol. The van der Waals surface area contributed by atoms with E-state index in [1.54, 1.807) is 11.8 Å². The van der Waals surface area contributed by atoms with Gasteiger partial charge in [0.25, 0.3) is 0 Å². The Hall–Kier alpha value is -3.32. The van der Waals surface area contributed by atoms with Crippen LogP contribution in [-0.2, 0) is 6.54 Å². The number of fused-ring (bicyclic) bond motifs is 1. The summed E-state index contributed by atoms with van der Waals surface area (Å²) in [5.41, 5.74) is 2.98. The first-order chi connectivity index (χ1) is 15.5. The van der Waals surface area contributed by atoms with Gasteiger partial charge in [-0.1, -0.05) is 74.1 Å². The molecule has 0 aliphatic heterocycles. The van der Waals surface area contributed by atoms with Crippen molar-refractivity contribution in [1.82, 2.24) is 25.2 Å². The molecule has 2 aromatic carbocycles. The van der Waals surface area contributed by atoms with Crippen LogP contribution < -0.4 is 10.6 Å². The Labute approximate surface area is 192 Å². The minimum atomic E-state index is -0.186. The fourth-order valence-corrected chi connectivity index (χ4v) is 4.43. The van der Waals surface area contributed by atoms with Gasteiger partial charge in [-0.05, 0) is 36.2 Å². The standard InChI is InChI=1S/C25H27N5OS/c1-17(2)24-29-28-23-14-13-21(16-30(23)24)32-22-12-8-7-11-20(22)15-26-25(31)27-18(3)19-9-5-4-6-10-19/h4-14,16-18H,15H2,1-3H3,(H2,26,27,31). The first kappa shape index (κ1) is 21.9. The SMILES string of the molecule is CC(C)c1nnc2ccc(Sc3ccccc3CNC(=O)NC(C)c3ccccc3)cn12. The monoisotopic (exact) mass is 445 g/mol. The van der Waals surface area contributed by atoms with Crippen LogP contribution in [0.4, 0.5) is 4.79 Å². The second kappa shape index (κ2) is 9.87. The number of hydrogen-bond donors (Lipinski definition) is 2. The third-order valence-electron chi connectivity index (χ3n) is 5.20. The van der Waals surface area contributed by atoms with Crippen molar-refractivity contribution >= 4 is 23.4 Å². The molecule has 0 bridgehead atoms. The number of aromatic nitrogens is 3. The van der Waals surface area contributed by atoms with E-state index in [0.717, 1.165) is 32.4 Å². The summed E-state index contributed by atoms with van der Waals surface area (Å²) in [4.78, 5) is 14.6. The first-order valence-corrected chi connectivity index (χ1v) is 11.5. The smallest absolute Gasteiger partial charge is 0.315 e. The van der Waals surface area contributed by atoms with E-state index in [0.29, 0.717) is 12.5 Å². The maximum atomic E-state index is 12.4. The van der Waals surface area contributed by atoms with Crippen molar-refractivity contribution in [1.29, 1.82) is 0 Å². The van der Waals surface area contributed by atoms with Crippen LogP contribution in [0.5, 0.6) is 0 Å². The van der Waals surface area contributed by atoms with Crippen LogP contribution in [-0.4, -0.2) is 20.6 Å². The Morgan fingerprint density at radius 3 is 2.50 bits per heavy atom. The molecule has 4 rings (SSSR count). The third-order valence-corrected chi connectivity index (χ3v) is 6.30. The van der Waals surface area contributed by atoms with Crippen LogP contribution in [0.25, 0.3) is 5.65 Å². The van der Waals surface area contributed by atoms with Gasteiger partial charge in [0.2, 0.25) is 0 Å². The second-order valence-electron chi connectivity index (χ2n) is 7.98. The highest BCUT2D eigenvalue weighted by atomic mass is 32.2. The summed E-state index contributed by atoms with van der Waals surface area (Å²) in [6.45, 7) is 6.65. The third kappa shape index (κ3) is 5.11. The number of urea groups is 1. The van der Waals surface area contributed by atoms with E-state index in [-0.39, 0.29) is 12.1 Å². The molecule has 1 atom stereocenters. The molecule has 1 unspecified atom stereocenters. The van der Waals surface area contributed by atoms with Gasteiger partial charge in [0.15, 0.2) is 5.65 Å². The van der Waals surface area contributed by atoms with Gasteiger partial charge in [0, 0.05) is 28.5 Å². The molecule has 0 radical (unpaired) electrons. The van der Waals surface area contributed by atoms with E-state index in [1.165, 1.54) is 0 Å².